The molecule has 1 aliphatic heterocycles. The molecule has 10 heteroatoms. The summed E-state index contributed by atoms with van der Waals surface area (Å²) in [6.45, 7) is 4.40. The average Bonchev–Trinajstić information content (AvgIpc) is 3.59. The zero-order valence-corrected chi connectivity index (χ0v) is 19.7. The Hall–Kier alpha value is -3.53. The van der Waals surface area contributed by atoms with Gasteiger partial charge in [-0.25, -0.2) is 14.4 Å². The van der Waals surface area contributed by atoms with Crippen molar-refractivity contribution in [3.05, 3.63) is 41.6 Å². The number of aromatic amines is 1. The predicted molar refractivity (Wildman–Crippen MR) is 126 cm³/mol. The number of aryl methyl sites for hydroxylation is 1. The van der Waals surface area contributed by atoms with Crippen LogP contribution in [0.2, 0.25) is 0 Å². The van der Waals surface area contributed by atoms with E-state index in [2.05, 4.69) is 20.3 Å². The number of amides is 2. The highest BCUT2D eigenvalue weighted by atomic mass is 19.1. The first-order valence-electron chi connectivity index (χ1n) is 11.8. The van der Waals surface area contributed by atoms with Crippen molar-refractivity contribution in [3.8, 4) is 17.0 Å². The van der Waals surface area contributed by atoms with Crippen LogP contribution in [-0.2, 0) is 4.79 Å². The quantitative estimate of drug-likeness (QED) is 0.498. The number of β-amino-alcohol motifs (C(OH)–C–C–N with tert-alkyl or cyclic N) is 1. The predicted octanol–water partition coefficient (Wildman–Crippen LogP) is 2.57. The van der Waals surface area contributed by atoms with Crippen LogP contribution in [0.4, 0.5) is 4.39 Å². The fourth-order valence-electron chi connectivity index (χ4n) is 4.54. The van der Waals surface area contributed by atoms with Gasteiger partial charge in [-0.1, -0.05) is 0 Å². The van der Waals surface area contributed by atoms with Gasteiger partial charge in [0.05, 0.1) is 29.8 Å². The summed E-state index contributed by atoms with van der Waals surface area (Å²) in [4.78, 5) is 38.3. The summed E-state index contributed by atoms with van der Waals surface area (Å²) in [6, 6.07) is 3.83. The van der Waals surface area contributed by atoms with Crippen LogP contribution in [0, 0.1) is 18.7 Å². The maximum atomic E-state index is 14.2. The van der Waals surface area contributed by atoms with E-state index in [9.17, 15) is 19.1 Å². The van der Waals surface area contributed by atoms with Crippen LogP contribution in [0.15, 0.2) is 24.5 Å². The van der Waals surface area contributed by atoms with Crippen LogP contribution in [0.5, 0.6) is 5.75 Å². The molecule has 35 heavy (non-hydrogen) atoms. The number of aliphatic hydroxyl groups excluding tert-OH is 1. The van der Waals surface area contributed by atoms with Crippen LogP contribution in [0.1, 0.15) is 42.2 Å². The minimum Gasteiger partial charge on any atom is -0.493 e. The Labute approximate surface area is 201 Å². The summed E-state index contributed by atoms with van der Waals surface area (Å²) in [6.07, 6.45) is 3.18. The number of benzene rings is 1. The zero-order chi connectivity index (χ0) is 24.7. The van der Waals surface area contributed by atoms with Crippen molar-refractivity contribution >= 4 is 22.8 Å². The van der Waals surface area contributed by atoms with E-state index in [1.54, 1.807) is 17.9 Å². The largest absolute Gasteiger partial charge is 0.493 e. The number of nitrogens with one attached hydrogen (secondary N) is 2. The van der Waals surface area contributed by atoms with Crippen molar-refractivity contribution in [2.24, 2.45) is 5.92 Å². The number of ether oxygens (including phenoxy) is 1. The van der Waals surface area contributed by atoms with Crippen LogP contribution in [0.25, 0.3) is 22.3 Å². The molecular formula is C25H28FN5O4. The molecule has 2 atom stereocenters. The minimum atomic E-state index is -0.870. The zero-order valence-electron chi connectivity index (χ0n) is 19.7. The number of piperidine rings is 1. The van der Waals surface area contributed by atoms with Gasteiger partial charge < -0.3 is 25.0 Å². The Kier molecular flexibility index (Phi) is 6.14. The van der Waals surface area contributed by atoms with Gasteiger partial charge in [0, 0.05) is 31.3 Å². The molecule has 2 amide bonds. The van der Waals surface area contributed by atoms with Crippen molar-refractivity contribution < 1.29 is 23.8 Å². The van der Waals surface area contributed by atoms with E-state index >= 15 is 0 Å². The van der Waals surface area contributed by atoms with Gasteiger partial charge in [0.2, 0.25) is 5.91 Å². The standard InChI is InChI=1S/C25H28FN5O4/c1-13-21(25(34)30-18-7-8-31(14(2)32)10-19(18)33)23-24(29-13)22(27-12-28-23)17-9-16(26)5-6-20(17)35-11-15-3-4-15/h5-6,9,12,15,18-19,29,33H,3-4,7-8,10-11H2,1-2H3,(H,30,34)/t18-,19-/m1/s1. The number of hydrogen-bond acceptors (Lipinski definition) is 6. The Morgan fingerprint density at radius 1 is 1.29 bits per heavy atom. The Bertz CT molecular complexity index is 1290. The van der Waals surface area contributed by atoms with E-state index < -0.39 is 18.0 Å². The number of fused-ring (bicyclic) bond motifs is 1. The van der Waals surface area contributed by atoms with Gasteiger partial charge in [-0.15, -0.1) is 0 Å². The number of aromatic nitrogens is 3. The van der Waals surface area contributed by atoms with Gasteiger partial charge in [0.25, 0.3) is 5.91 Å². The van der Waals surface area contributed by atoms with Crippen molar-refractivity contribution in [3.63, 3.8) is 0 Å². The number of carbonyl (C=O) groups excluding carboxylic acids is 2. The van der Waals surface area contributed by atoms with Crippen LogP contribution >= 0.6 is 0 Å². The third kappa shape index (κ3) is 4.70. The second-order valence-corrected chi connectivity index (χ2v) is 9.37. The maximum absolute atomic E-state index is 14.2. The Balaban J connectivity index is 1.45. The fourth-order valence-corrected chi connectivity index (χ4v) is 4.54. The highest BCUT2D eigenvalue weighted by Crippen LogP contribution is 2.36. The summed E-state index contributed by atoms with van der Waals surface area (Å²) in [5.41, 5.74) is 2.74. The third-order valence-electron chi connectivity index (χ3n) is 6.71. The summed E-state index contributed by atoms with van der Waals surface area (Å²) in [5, 5.41) is 13.4. The smallest absolute Gasteiger partial charge is 0.255 e. The lowest BCUT2D eigenvalue weighted by Crippen LogP contribution is -2.55. The molecule has 1 aliphatic carbocycles. The second kappa shape index (κ2) is 9.26. The number of carbonyl (C=O) groups is 2. The summed E-state index contributed by atoms with van der Waals surface area (Å²) < 4.78 is 20.2. The molecular weight excluding hydrogens is 453 g/mol. The van der Waals surface area contributed by atoms with Crippen LogP contribution < -0.4 is 10.1 Å². The molecule has 0 unspecified atom stereocenters. The summed E-state index contributed by atoms with van der Waals surface area (Å²) in [5.74, 6) is 0.139. The number of halogens is 1. The number of likely N-dealkylation sites (tertiary alicyclic amines) is 1. The van der Waals surface area contributed by atoms with Gasteiger partial charge in [0.15, 0.2) is 0 Å². The van der Waals surface area contributed by atoms with Gasteiger partial charge >= 0.3 is 0 Å². The number of nitrogens with zero attached hydrogens (tertiary/aromatic N) is 3. The number of hydrogen-bond donors (Lipinski definition) is 3. The van der Waals surface area contributed by atoms with E-state index in [0.717, 1.165) is 12.8 Å². The Morgan fingerprint density at radius 2 is 2.09 bits per heavy atom. The first kappa shape index (κ1) is 23.2. The molecule has 2 aromatic heterocycles. The first-order valence-corrected chi connectivity index (χ1v) is 11.8. The van der Waals surface area contributed by atoms with Crippen LogP contribution in [0.3, 0.4) is 0 Å². The molecule has 3 aromatic rings. The first-order chi connectivity index (χ1) is 16.8. The lowest BCUT2D eigenvalue weighted by Gasteiger charge is -2.35. The second-order valence-electron chi connectivity index (χ2n) is 9.37. The van der Waals surface area contributed by atoms with Crippen molar-refractivity contribution in [1.82, 2.24) is 25.2 Å². The topological polar surface area (TPSA) is 120 Å². The maximum Gasteiger partial charge on any atom is 0.255 e. The molecule has 184 valence electrons. The van der Waals surface area contributed by atoms with E-state index in [4.69, 9.17) is 4.74 Å². The molecule has 2 fully saturated rings. The minimum absolute atomic E-state index is 0.108. The van der Waals surface area contributed by atoms with Crippen molar-refractivity contribution in [2.45, 2.75) is 45.3 Å². The summed E-state index contributed by atoms with van der Waals surface area (Å²) in [7, 11) is 0. The molecule has 1 aromatic carbocycles. The molecule has 5 rings (SSSR count). The monoisotopic (exact) mass is 481 g/mol. The highest BCUT2D eigenvalue weighted by molar-refractivity contribution is 6.09. The molecule has 0 bridgehead atoms. The Morgan fingerprint density at radius 3 is 2.80 bits per heavy atom. The normalized spacial score (nSPS) is 20.2. The summed E-state index contributed by atoms with van der Waals surface area (Å²) >= 11 is 0. The molecule has 1 saturated heterocycles. The van der Waals surface area contributed by atoms with E-state index in [1.165, 1.54) is 25.4 Å². The van der Waals surface area contributed by atoms with Gasteiger partial charge in [-0.05, 0) is 50.3 Å². The van der Waals surface area contributed by atoms with Gasteiger partial charge in [-0.2, -0.15) is 0 Å². The van der Waals surface area contributed by atoms with Crippen LogP contribution in [-0.4, -0.2) is 68.6 Å². The molecule has 1 saturated carbocycles. The number of aliphatic hydroxyl groups is 1. The van der Waals surface area contributed by atoms with E-state index in [0.29, 0.717) is 64.8 Å². The molecule has 2 aliphatic rings. The lowest BCUT2D eigenvalue weighted by atomic mass is 10.0. The fraction of sp³-hybridized carbons (Fsp3) is 0.440. The average molecular weight is 482 g/mol. The van der Waals surface area contributed by atoms with E-state index in [1.807, 2.05) is 0 Å². The van der Waals surface area contributed by atoms with Crippen molar-refractivity contribution in [1.29, 1.82) is 0 Å². The molecule has 3 heterocycles. The lowest BCUT2D eigenvalue weighted by molar-refractivity contribution is -0.132. The molecule has 0 radical (unpaired) electrons. The van der Waals surface area contributed by atoms with Gasteiger partial charge in [-0.3, -0.25) is 9.59 Å². The molecule has 0 spiro atoms. The van der Waals surface area contributed by atoms with Crippen molar-refractivity contribution in [2.75, 3.05) is 19.7 Å². The molecule has 9 nitrogen and oxygen atoms in total. The third-order valence-corrected chi connectivity index (χ3v) is 6.71. The van der Waals surface area contributed by atoms with E-state index in [-0.39, 0.29) is 18.4 Å². The highest BCUT2D eigenvalue weighted by Gasteiger charge is 2.32. The SMILES string of the molecule is CC(=O)N1CC[C@@H](NC(=O)c2c(C)[nH]c3c(-c4cc(F)ccc4OCC4CC4)ncnc23)[C@H](O)C1. The number of rotatable bonds is 6. The van der Waals surface area contributed by atoms with Gasteiger partial charge in [0.1, 0.15) is 29.1 Å². The molecule has 3 N–H and O–H groups in total. The number of H-pyrrole nitrogens is 1.